The highest BCUT2D eigenvalue weighted by atomic mass is 32.2. The van der Waals surface area contributed by atoms with Crippen LogP contribution in [-0.4, -0.2) is 31.9 Å². The Kier molecular flexibility index (Phi) is 10.7. The first-order valence-electron chi connectivity index (χ1n) is 8.32. The summed E-state index contributed by atoms with van der Waals surface area (Å²) >= 11 is 0. The van der Waals surface area contributed by atoms with E-state index in [1.165, 1.54) is 32.1 Å². The molecule has 0 radical (unpaired) electrons. The summed E-state index contributed by atoms with van der Waals surface area (Å²) in [6, 6.07) is 0. The molecule has 0 amide bonds. The van der Waals surface area contributed by atoms with Crippen molar-refractivity contribution in [1.82, 2.24) is 0 Å². The van der Waals surface area contributed by atoms with Gasteiger partial charge in [-0.25, -0.2) is 0 Å². The fourth-order valence-electron chi connectivity index (χ4n) is 2.18. The molecule has 0 bridgehead atoms. The van der Waals surface area contributed by atoms with Crippen LogP contribution < -0.4 is 0 Å². The normalized spacial score (nSPS) is 12.4. The van der Waals surface area contributed by atoms with Crippen LogP contribution in [0, 0.1) is 5.41 Å². The zero-order chi connectivity index (χ0) is 17.1. The van der Waals surface area contributed by atoms with E-state index in [2.05, 4.69) is 11.1 Å². The number of hydrogen-bond donors (Lipinski definition) is 1. The molecule has 0 atom stereocenters. The van der Waals surface area contributed by atoms with Gasteiger partial charge in [-0.3, -0.25) is 4.79 Å². The molecule has 0 saturated heterocycles. The maximum Gasteiger partial charge on any atom is 0.327 e. The second-order valence-electron chi connectivity index (χ2n) is 6.46. The molecular weight excluding hydrogens is 304 g/mol. The monoisotopic (exact) mass is 336 g/mol. The van der Waals surface area contributed by atoms with Gasteiger partial charge < -0.3 is 9.29 Å². The lowest BCUT2D eigenvalue weighted by Gasteiger charge is -2.21. The Morgan fingerprint density at radius 3 is 2.00 bits per heavy atom. The Morgan fingerprint density at radius 2 is 1.50 bits per heavy atom. The summed E-state index contributed by atoms with van der Waals surface area (Å²) in [5.74, 6) is -1.28. The molecule has 0 heterocycles. The second kappa shape index (κ2) is 11.0. The van der Waals surface area contributed by atoms with Crippen LogP contribution in [0.15, 0.2) is 0 Å². The number of rotatable bonds is 13. The first kappa shape index (κ1) is 21.4. The van der Waals surface area contributed by atoms with Crippen LogP contribution >= 0.6 is 0 Å². The number of carbonyl (C=O) groups excluding carboxylic acids is 1. The van der Waals surface area contributed by atoms with Crippen molar-refractivity contribution in [2.45, 2.75) is 78.6 Å². The van der Waals surface area contributed by atoms with Gasteiger partial charge in [0.05, 0.1) is 12.0 Å². The molecule has 0 aromatic carbocycles. The van der Waals surface area contributed by atoms with Crippen LogP contribution in [0.1, 0.15) is 78.6 Å². The molecule has 0 saturated carbocycles. The number of aliphatic hydroxyl groups is 1. The summed E-state index contributed by atoms with van der Waals surface area (Å²) in [7, 11) is -3.96. The minimum Gasteiger partial charge on any atom is -0.395 e. The van der Waals surface area contributed by atoms with E-state index in [-0.39, 0.29) is 0 Å². The van der Waals surface area contributed by atoms with Crippen molar-refractivity contribution in [2.24, 2.45) is 5.41 Å². The molecule has 132 valence electrons. The molecule has 0 aliphatic heterocycles. The SMILES string of the molecule is CCCCCCCCCCC(C)(C)C(=O)OS(=O)(=O)CCO. The van der Waals surface area contributed by atoms with Crippen molar-refractivity contribution < 1.29 is 22.5 Å². The highest BCUT2D eigenvalue weighted by Crippen LogP contribution is 2.26. The Hall–Kier alpha value is -0.620. The molecule has 0 aliphatic carbocycles. The number of hydrogen-bond acceptors (Lipinski definition) is 5. The van der Waals surface area contributed by atoms with E-state index in [0.29, 0.717) is 6.42 Å². The molecule has 0 aliphatic rings. The van der Waals surface area contributed by atoms with Crippen LogP contribution in [0.5, 0.6) is 0 Å². The summed E-state index contributed by atoms with van der Waals surface area (Å²) in [6.07, 6.45) is 10.00. The van der Waals surface area contributed by atoms with Gasteiger partial charge in [0.15, 0.2) is 0 Å². The summed E-state index contributed by atoms with van der Waals surface area (Å²) in [4.78, 5) is 11.9. The van der Waals surface area contributed by atoms with Crippen LogP contribution in [0.25, 0.3) is 0 Å². The van der Waals surface area contributed by atoms with Gasteiger partial charge in [0, 0.05) is 0 Å². The van der Waals surface area contributed by atoms with Crippen LogP contribution in [-0.2, 0) is 19.1 Å². The minimum absolute atomic E-state index is 0.548. The molecule has 1 N–H and O–H groups in total. The van der Waals surface area contributed by atoms with E-state index >= 15 is 0 Å². The molecule has 0 fully saturated rings. The summed E-state index contributed by atoms with van der Waals surface area (Å²) in [6.45, 7) is 5.05. The lowest BCUT2D eigenvalue weighted by molar-refractivity contribution is -0.143. The number of unbranched alkanes of at least 4 members (excludes halogenated alkanes) is 7. The Labute approximate surface area is 135 Å². The molecule has 0 rings (SSSR count). The van der Waals surface area contributed by atoms with E-state index in [0.717, 1.165) is 19.3 Å². The fraction of sp³-hybridized carbons (Fsp3) is 0.938. The molecule has 5 nitrogen and oxygen atoms in total. The number of aliphatic hydroxyl groups excluding tert-OH is 1. The van der Waals surface area contributed by atoms with Crippen LogP contribution in [0.4, 0.5) is 0 Å². The third-order valence-electron chi connectivity index (χ3n) is 3.75. The molecule has 22 heavy (non-hydrogen) atoms. The van der Waals surface area contributed by atoms with Crippen molar-refractivity contribution >= 4 is 16.1 Å². The predicted octanol–water partition coefficient (Wildman–Crippen LogP) is 3.41. The molecule has 0 aromatic rings. The van der Waals surface area contributed by atoms with Gasteiger partial charge in [-0.15, -0.1) is 0 Å². The van der Waals surface area contributed by atoms with Crippen molar-refractivity contribution in [3.63, 3.8) is 0 Å². The van der Waals surface area contributed by atoms with Crippen molar-refractivity contribution in [2.75, 3.05) is 12.4 Å². The average molecular weight is 336 g/mol. The summed E-state index contributed by atoms with van der Waals surface area (Å²) < 4.78 is 27.3. The minimum atomic E-state index is -3.96. The van der Waals surface area contributed by atoms with Gasteiger partial charge in [0.2, 0.25) is 0 Å². The van der Waals surface area contributed by atoms with E-state index in [1.807, 2.05) is 0 Å². The zero-order valence-electron chi connectivity index (χ0n) is 14.3. The van der Waals surface area contributed by atoms with E-state index in [1.54, 1.807) is 13.8 Å². The number of carbonyl (C=O) groups is 1. The lowest BCUT2D eigenvalue weighted by atomic mass is 9.87. The molecule has 0 spiro atoms. The Balaban J connectivity index is 3.96. The van der Waals surface area contributed by atoms with E-state index in [9.17, 15) is 13.2 Å². The summed E-state index contributed by atoms with van der Waals surface area (Å²) in [5, 5.41) is 8.62. The molecular formula is C16H32O5S. The Morgan fingerprint density at radius 1 is 1.00 bits per heavy atom. The zero-order valence-corrected chi connectivity index (χ0v) is 15.1. The average Bonchev–Trinajstić information content (AvgIpc) is 2.41. The van der Waals surface area contributed by atoms with Gasteiger partial charge in [-0.1, -0.05) is 58.3 Å². The predicted molar refractivity (Wildman–Crippen MR) is 88.0 cm³/mol. The van der Waals surface area contributed by atoms with Crippen molar-refractivity contribution in [3.8, 4) is 0 Å². The van der Waals surface area contributed by atoms with E-state index < -0.39 is 33.9 Å². The maximum atomic E-state index is 11.9. The van der Waals surface area contributed by atoms with E-state index in [4.69, 9.17) is 5.11 Å². The van der Waals surface area contributed by atoms with Crippen molar-refractivity contribution in [1.29, 1.82) is 0 Å². The molecule has 0 unspecified atom stereocenters. The molecule has 6 heteroatoms. The quantitative estimate of drug-likeness (QED) is 0.412. The van der Waals surface area contributed by atoms with Gasteiger partial charge in [-0.2, -0.15) is 8.42 Å². The molecule has 0 aromatic heterocycles. The van der Waals surface area contributed by atoms with Crippen LogP contribution in [0.3, 0.4) is 0 Å². The van der Waals surface area contributed by atoms with Gasteiger partial charge >= 0.3 is 16.1 Å². The fourth-order valence-corrected chi connectivity index (χ4v) is 2.95. The first-order chi connectivity index (χ1) is 10.2. The lowest BCUT2D eigenvalue weighted by Crippen LogP contribution is -2.30. The highest BCUT2D eigenvalue weighted by molar-refractivity contribution is 7.87. The van der Waals surface area contributed by atoms with Crippen LogP contribution in [0.2, 0.25) is 0 Å². The van der Waals surface area contributed by atoms with Gasteiger partial charge in [-0.05, 0) is 20.3 Å². The summed E-state index contributed by atoms with van der Waals surface area (Å²) in [5.41, 5.74) is -0.815. The highest BCUT2D eigenvalue weighted by Gasteiger charge is 2.32. The van der Waals surface area contributed by atoms with Gasteiger partial charge in [0.25, 0.3) is 0 Å². The third-order valence-corrected chi connectivity index (χ3v) is 4.84. The first-order valence-corrected chi connectivity index (χ1v) is 9.90. The largest absolute Gasteiger partial charge is 0.395 e. The van der Waals surface area contributed by atoms with Crippen molar-refractivity contribution in [3.05, 3.63) is 0 Å². The second-order valence-corrected chi connectivity index (χ2v) is 8.16. The third kappa shape index (κ3) is 10.2. The standard InChI is InChI=1S/C16H32O5S/c1-4-5-6-7-8-9-10-11-12-16(2,3)15(18)21-22(19,20)14-13-17/h17H,4-14H2,1-3H3. The topological polar surface area (TPSA) is 80.7 Å². The Bertz CT molecular complexity index is 401. The smallest absolute Gasteiger partial charge is 0.327 e. The van der Waals surface area contributed by atoms with Gasteiger partial charge in [0.1, 0.15) is 5.75 Å². The maximum absolute atomic E-state index is 11.9.